The molecule has 45 heavy (non-hydrogen) atoms. The molecule has 0 spiro atoms. The number of anilines is 1. The third kappa shape index (κ3) is 5.29. The summed E-state index contributed by atoms with van der Waals surface area (Å²) in [5, 5.41) is 11.1. The number of nitrogen functional groups attached to an aromatic ring is 1. The zero-order valence-electron chi connectivity index (χ0n) is 22.8. The van der Waals surface area contributed by atoms with E-state index >= 15 is 4.39 Å². The van der Waals surface area contributed by atoms with Crippen LogP contribution in [0.4, 0.5) is 10.2 Å². The first-order valence-electron chi connectivity index (χ1n) is 13.1. The van der Waals surface area contributed by atoms with Crippen LogP contribution in [0.5, 0.6) is 0 Å². The Bertz CT molecular complexity index is 2010. The summed E-state index contributed by atoms with van der Waals surface area (Å²) in [5.41, 5.74) is 5.35. The van der Waals surface area contributed by atoms with Crippen molar-refractivity contribution < 1.29 is 50.1 Å². The van der Waals surface area contributed by atoms with Gasteiger partial charge in [-0.3, -0.25) is 23.0 Å². The molecule has 3 aliphatic rings. The lowest BCUT2D eigenvalue weighted by Gasteiger charge is -2.26. The number of aromatic nitrogens is 8. The third-order valence-corrected chi connectivity index (χ3v) is 9.40. The number of aryl methyl sites for hydroxylation is 1. The maximum atomic E-state index is 15.9. The van der Waals surface area contributed by atoms with Gasteiger partial charge >= 0.3 is 18.1 Å². The van der Waals surface area contributed by atoms with E-state index < -0.39 is 86.0 Å². The lowest BCUT2D eigenvalue weighted by molar-refractivity contribution is -0.0543. The summed E-state index contributed by atoms with van der Waals surface area (Å²) in [4.78, 5) is 45.4. The number of fused-ring (bicyclic) bond motifs is 4. The van der Waals surface area contributed by atoms with E-state index in [1.807, 2.05) is 0 Å². The van der Waals surface area contributed by atoms with Crippen LogP contribution in [-0.4, -0.2) is 107 Å². The lowest BCUT2D eigenvalue weighted by Crippen LogP contribution is -2.45. The topological polar surface area (TPSA) is 283 Å². The van der Waals surface area contributed by atoms with E-state index in [1.165, 1.54) is 11.5 Å². The van der Waals surface area contributed by atoms with Gasteiger partial charge in [0.05, 0.1) is 19.3 Å². The quantitative estimate of drug-likeness (QED) is 0.145. The largest absolute Gasteiger partial charge is 0.472 e. The number of imidazole rings is 2. The number of H-pyrrole nitrogens is 1. The summed E-state index contributed by atoms with van der Waals surface area (Å²) >= 11 is 0. The molecule has 0 saturated carbocycles. The van der Waals surface area contributed by atoms with E-state index in [2.05, 4.69) is 34.6 Å². The zero-order chi connectivity index (χ0) is 31.8. The fourth-order valence-corrected chi connectivity index (χ4v) is 7.33. The highest BCUT2D eigenvalue weighted by atomic mass is 32.2. The second kappa shape index (κ2) is 10.8. The Kier molecular flexibility index (Phi) is 7.23. The predicted octanol–water partition coefficient (Wildman–Crippen LogP) is -1.92. The minimum atomic E-state index is -5.10. The van der Waals surface area contributed by atoms with Gasteiger partial charge in [-0.15, -0.1) is 0 Å². The number of phosphoric acid groups is 1. The van der Waals surface area contributed by atoms with Crippen molar-refractivity contribution in [2.45, 2.75) is 56.1 Å². The number of aliphatic hydroxyl groups excluding tert-OH is 1. The van der Waals surface area contributed by atoms with E-state index in [0.717, 1.165) is 23.5 Å². The molecule has 7 heterocycles. The number of rotatable bonds is 2. The SMILES string of the molecule is Cc1nc2c(ncn2C2OC3COP(=O)(O)OC4C(CNS(=O)(=O)OC3C2O)OC(n2cnc3c(N)ncnc32)C4F)c(=O)[nH]1. The van der Waals surface area contributed by atoms with E-state index in [9.17, 15) is 27.8 Å². The van der Waals surface area contributed by atoms with Gasteiger partial charge in [-0.05, 0) is 6.92 Å². The highest BCUT2D eigenvalue weighted by Gasteiger charge is 2.53. The van der Waals surface area contributed by atoms with Gasteiger partial charge in [0.2, 0.25) is 0 Å². The molecule has 0 amide bonds. The monoisotopic (exact) mass is 674 g/mol. The van der Waals surface area contributed by atoms with Crippen LogP contribution in [0.1, 0.15) is 18.3 Å². The van der Waals surface area contributed by atoms with Crippen molar-refractivity contribution in [1.82, 2.24) is 43.8 Å². The van der Waals surface area contributed by atoms with Crippen LogP contribution in [0.15, 0.2) is 23.8 Å². The number of hydrogen-bond acceptors (Lipinski definition) is 16. The number of alkyl halides is 1. The molecule has 3 fully saturated rings. The molecule has 0 radical (unpaired) electrons. The van der Waals surface area contributed by atoms with E-state index in [1.54, 1.807) is 0 Å². The number of nitrogens with one attached hydrogen (secondary N) is 2. The molecule has 242 valence electrons. The van der Waals surface area contributed by atoms with Crippen molar-refractivity contribution in [3.63, 3.8) is 0 Å². The highest BCUT2D eigenvalue weighted by Crippen LogP contribution is 2.50. The Balaban J connectivity index is 1.17. The van der Waals surface area contributed by atoms with Crippen LogP contribution < -0.4 is 16.0 Å². The third-order valence-electron chi connectivity index (χ3n) is 7.42. The molecule has 4 aromatic rings. The highest BCUT2D eigenvalue weighted by molar-refractivity contribution is 7.84. The van der Waals surface area contributed by atoms with Gasteiger partial charge in [-0.2, -0.15) is 13.1 Å². The van der Waals surface area contributed by atoms with Crippen molar-refractivity contribution in [3.05, 3.63) is 35.2 Å². The van der Waals surface area contributed by atoms with Gasteiger partial charge in [-0.1, -0.05) is 0 Å². The van der Waals surface area contributed by atoms with Crippen molar-refractivity contribution in [3.8, 4) is 0 Å². The molecule has 3 saturated heterocycles. The van der Waals surface area contributed by atoms with Gasteiger partial charge < -0.3 is 30.2 Å². The minimum Gasteiger partial charge on any atom is -0.386 e. The van der Waals surface area contributed by atoms with Gasteiger partial charge in [0.15, 0.2) is 41.3 Å². The number of ether oxygens (including phenoxy) is 2. The summed E-state index contributed by atoms with van der Waals surface area (Å²) in [7, 11) is -9.83. The normalized spacial score (nSPS) is 35.6. The molecular weight excluding hydrogens is 650 g/mol. The number of halogens is 1. The van der Waals surface area contributed by atoms with Crippen LogP contribution >= 0.6 is 7.82 Å². The Hall–Kier alpha value is -3.51. The lowest BCUT2D eigenvalue weighted by atomic mass is 10.1. The van der Waals surface area contributed by atoms with Crippen LogP contribution in [0, 0.1) is 6.92 Å². The number of phosphoric ester groups is 1. The molecule has 21 nitrogen and oxygen atoms in total. The molecule has 7 rings (SSSR count). The van der Waals surface area contributed by atoms with Gasteiger partial charge in [0.25, 0.3) is 5.56 Å². The Labute approximate surface area is 250 Å². The Morgan fingerprint density at radius 3 is 2.56 bits per heavy atom. The zero-order valence-corrected chi connectivity index (χ0v) is 24.5. The number of nitrogens with two attached hydrogens (primary N) is 1. The Morgan fingerprint density at radius 2 is 1.78 bits per heavy atom. The van der Waals surface area contributed by atoms with Crippen LogP contribution in [-0.2, 0) is 37.6 Å². The summed E-state index contributed by atoms with van der Waals surface area (Å²) in [6.45, 7) is -0.0535. The van der Waals surface area contributed by atoms with Crippen LogP contribution in [0.2, 0.25) is 0 Å². The first-order valence-corrected chi connectivity index (χ1v) is 16.1. The number of aliphatic hydroxyl groups is 1. The first kappa shape index (κ1) is 30.2. The van der Waals surface area contributed by atoms with E-state index in [0.29, 0.717) is 0 Å². The number of aromatic amines is 1. The second-order valence-electron chi connectivity index (χ2n) is 10.3. The van der Waals surface area contributed by atoms with Gasteiger partial charge in [0, 0.05) is 6.54 Å². The molecule has 24 heteroatoms. The second-order valence-corrected chi connectivity index (χ2v) is 13.1. The van der Waals surface area contributed by atoms with E-state index in [-0.39, 0.29) is 34.0 Å². The summed E-state index contributed by atoms with van der Waals surface area (Å²) < 4.78 is 86.4. The van der Waals surface area contributed by atoms with Crippen molar-refractivity contribution >= 4 is 46.3 Å². The molecule has 6 N–H and O–H groups in total. The molecule has 9 unspecified atom stereocenters. The maximum Gasteiger partial charge on any atom is 0.472 e. The number of nitrogens with zero attached hydrogens (tertiary/aromatic N) is 7. The van der Waals surface area contributed by atoms with Gasteiger partial charge in [-0.25, -0.2) is 38.1 Å². The molecule has 0 aliphatic carbocycles. The summed E-state index contributed by atoms with van der Waals surface area (Å²) in [5.74, 6) is 0.226. The first-order chi connectivity index (χ1) is 21.3. The van der Waals surface area contributed by atoms with Crippen molar-refractivity contribution in [2.24, 2.45) is 0 Å². The van der Waals surface area contributed by atoms with Crippen molar-refractivity contribution in [2.75, 3.05) is 18.9 Å². The van der Waals surface area contributed by atoms with Crippen LogP contribution in [0.25, 0.3) is 22.3 Å². The van der Waals surface area contributed by atoms with Gasteiger partial charge in [0.1, 0.15) is 48.2 Å². The van der Waals surface area contributed by atoms with E-state index in [4.69, 9.17) is 28.4 Å². The summed E-state index contributed by atoms with van der Waals surface area (Å²) in [6.07, 6.45) is -10.0. The fourth-order valence-electron chi connectivity index (χ4n) is 5.41. The molecule has 3 aliphatic heterocycles. The maximum absolute atomic E-state index is 15.9. The standard InChI is InChI=1S/C21H24FN10O11PS/c1-7-29-18-12(19(34)30-7)27-6-32(18)21-13(33)15-9(41-21)3-39-44(35,36)42-14-8(2-28-45(37,38)43-15)40-20(10(14)22)31-5-26-11-16(23)24-4-25-17(11)31/h4-6,8-10,13-15,20-21,28,33H,2-3H2,1H3,(H,35,36)(H2,23,24,25)(H,29,30,34). The number of hydrogen-bond donors (Lipinski definition) is 5. The smallest absolute Gasteiger partial charge is 0.386 e. The average Bonchev–Trinajstić information content (AvgIpc) is 3.72. The van der Waals surface area contributed by atoms with Crippen molar-refractivity contribution in [1.29, 1.82) is 0 Å². The molecular formula is C21H24FN10O11PS. The fraction of sp³-hybridized carbons (Fsp3) is 0.524. The summed E-state index contributed by atoms with van der Waals surface area (Å²) in [6, 6.07) is 0. The molecule has 9 atom stereocenters. The molecule has 0 bridgehead atoms. The molecule has 4 aromatic heterocycles. The predicted molar refractivity (Wildman–Crippen MR) is 144 cm³/mol. The average molecular weight is 675 g/mol. The molecule has 0 aromatic carbocycles. The minimum absolute atomic E-state index is 0.00372. The Morgan fingerprint density at radius 1 is 1.07 bits per heavy atom. The van der Waals surface area contributed by atoms with Crippen LogP contribution in [0.3, 0.4) is 0 Å².